The molecule has 1 unspecified atom stereocenters. The van der Waals surface area contributed by atoms with Gasteiger partial charge in [-0.05, 0) is 93.5 Å². The van der Waals surface area contributed by atoms with Crippen molar-refractivity contribution in [1.29, 1.82) is 5.26 Å². The average Bonchev–Trinajstić information content (AvgIpc) is 3.21. The number of aromatic hydroxyl groups is 1. The second kappa shape index (κ2) is 18.3. The largest absolute Gasteiger partial charge is 0.504 e. The quantitative estimate of drug-likeness (QED) is 0.115. The molecule has 2 fully saturated rings. The molecule has 1 atom stereocenters. The normalized spacial score (nSPS) is 16.2. The second-order valence-electron chi connectivity index (χ2n) is 14.9. The molecule has 0 radical (unpaired) electrons. The molecule has 0 aliphatic carbocycles. The van der Waals surface area contributed by atoms with Gasteiger partial charge in [-0.25, -0.2) is 29.5 Å². The number of amides is 2. The van der Waals surface area contributed by atoms with E-state index in [0.717, 1.165) is 30.4 Å². The Labute approximate surface area is 331 Å². The monoisotopic (exact) mass is 778 g/mol. The summed E-state index contributed by atoms with van der Waals surface area (Å²) in [6, 6.07) is 18.5. The number of methoxy groups -OCH3 is 1. The van der Waals surface area contributed by atoms with Gasteiger partial charge in [-0.3, -0.25) is 4.79 Å². The van der Waals surface area contributed by atoms with Crippen molar-refractivity contribution in [2.45, 2.75) is 77.4 Å². The van der Waals surface area contributed by atoms with Crippen LogP contribution in [0.15, 0.2) is 72.9 Å². The van der Waals surface area contributed by atoms with Crippen LogP contribution in [0.2, 0.25) is 0 Å². The van der Waals surface area contributed by atoms with Crippen molar-refractivity contribution >= 4 is 24.0 Å². The zero-order chi connectivity index (χ0) is 40.5. The van der Waals surface area contributed by atoms with E-state index >= 15 is 0 Å². The number of piperidine rings is 1. The molecular formula is C43H47FN6O7. The molecule has 2 N–H and O–H groups in total. The predicted molar refractivity (Wildman–Crippen MR) is 211 cm³/mol. The lowest BCUT2D eigenvalue weighted by Gasteiger charge is -2.39. The summed E-state index contributed by atoms with van der Waals surface area (Å²) in [5, 5.41) is 19.8. The third-order valence-corrected chi connectivity index (χ3v) is 9.63. The zero-order valence-electron chi connectivity index (χ0n) is 32.5. The van der Waals surface area contributed by atoms with Gasteiger partial charge in [0.2, 0.25) is 5.95 Å². The number of carbonyl (C=O) groups is 2. The van der Waals surface area contributed by atoms with Gasteiger partial charge < -0.3 is 29.1 Å². The number of aromatic nitrogens is 2. The maximum Gasteiger partial charge on any atom is 0.410 e. The van der Waals surface area contributed by atoms with E-state index in [2.05, 4.69) is 10.5 Å². The molecule has 0 bridgehead atoms. The van der Waals surface area contributed by atoms with Gasteiger partial charge in [-0.2, -0.15) is 5.26 Å². The van der Waals surface area contributed by atoms with Crippen LogP contribution in [0.3, 0.4) is 0 Å². The number of halogens is 1. The fraction of sp³-hybridized carbons (Fsp3) is 0.372. The molecule has 2 aliphatic rings. The Hall–Kier alpha value is -6.04. The van der Waals surface area contributed by atoms with Crippen LogP contribution in [0.1, 0.15) is 69.6 Å². The minimum Gasteiger partial charge on any atom is -0.504 e. The van der Waals surface area contributed by atoms with E-state index in [0.29, 0.717) is 73.2 Å². The molecule has 3 heterocycles. The number of phenolic OH excluding ortho intramolecular Hbond substituents is 1. The smallest absolute Gasteiger partial charge is 0.410 e. The van der Waals surface area contributed by atoms with E-state index in [1.165, 1.54) is 31.4 Å². The molecule has 0 saturated carbocycles. The number of nitrogens with zero attached hydrogens (tertiary/aromatic N) is 5. The maximum absolute atomic E-state index is 14.9. The van der Waals surface area contributed by atoms with Gasteiger partial charge in [0.15, 0.2) is 17.8 Å². The third-order valence-electron chi connectivity index (χ3n) is 9.63. The highest BCUT2D eigenvalue weighted by Crippen LogP contribution is 2.37. The highest BCUT2D eigenvalue weighted by atomic mass is 19.1. The lowest BCUT2D eigenvalue weighted by Crippen LogP contribution is -2.48. The predicted octanol–water partition coefficient (Wildman–Crippen LogP) is 7.53. The molecule has 14 heteroatoms. The van der Waals surface area contributed by atoms with Crippen LogP contribution in [0.25, 0.3) is 28.5 Å². The number of hydroxylamine groups is 1. The molecule has 6 rings (SSSR count). The summed E-state index contributed by atoms with van der Waals surface area (Å²) >= 11 is 0. The van der Waals surface area contributed by atoms with Gasteiger partial charge in [0.25, 0.3) is 5.91 Å². The van der Waals surface area contributed by atoms with Gasteiger partial charge >= 0.3 is 6.09 Å². The summed E-state index contributed by atoms with van der Waals surface area (Å²) < 4.78 is 31.4. The van der Waals surface area contributed by atoms with Crippen LogP contribution in [0, 0.1) is 17.1 Å². The number of rotatable bonds is 11. The van der Waals surface area contributed by atoms with Gasteiger partial charge in [0, 0.05) is 62.1 Å². The Balaban J connectivity index is 1.17. The molecule has 13 nitrogen and oxygen atoms in total. The third kappa shape index (κ3) is 10.6. The minimum atomic E-state index is -0.699. The summed E-state index contributed by atoms with van der Waals surface area (Å²) in [5.41, 5.74) is 5.34. The van der Waals surface area contributed by atoms with Crippen molar-refractivity contribution in [3.05, 3.63) is 95.4 Å². The molecule has 57 heavy (non-hydrogen) atoms. The van der Waals surface area contributed by atoms with E-state index in [1.54, 1.807) is 35.4 Å². The summed E-state index contributed by atoms with van der Waals surface area (Å²) in [5.74, 6) is -0.422. The molecule has 4 aromatic rings. The van der Waals surface area contributed by atoms with E-state index in [9.17, 15) is 24.3 Å². The molecule has 3 aromatic carbocycles. The number of phenols is 1. The average molecular weight is 779 g/mol. The molecule has 0 spiro atoms. The first-order valence-electron chi connectivity index (χ1n) is 18.9. The van der Waals surface area contributed by atoms with Gasteiger partial charge in [-0.1, -0.05) is 36.4 Å². The highest BCUT2D eigenvalue weighted by molar-refractivity contribution is 5.91. The number of nitriles is 1. The number of carbonyl (C=O) groups excluding carboxylic acids is 2. The lowest BCUT2D eigenvalue weighted by atomic mass is 9.99. The Morgan fingerprint density at radius 1 is 1.07 bits per heavy atom. The standard InChI is InChI=1S/C43H47FN6O7/c1-43(2,3)56-42(53)50(27-29-10-8-28(9-11-29)12-17-38(52)48-57-39-7-5-6-22-55-39)33-18-20-49(21-19-33)41-46-26-34(30-15-16-37(54-4)36(51)24-30)40(47-41)31-13-14-32(25-45)35(44)23-31/h8-17,23-24,26,33,39,51H,5-7,18-22,27H2,1-4H3,(H,48,52)/b17-12+. The summed E-state index contributed by atoms with van der Waals surface area (Å²) in [6.07, 6.45) is 7.77. The van der Waals surface area contributed by atoms with Crippen LogP contribution in [-0.2, 0) is 25.7 Å². The highest BCUT2D eigenvalue weighted by Gasteiger charge is 2.32. The van der Waals surface area contributed by atoms with E-state index in [1.807, 2.05) is 56.0 Å². The first-order valence-corrected chi connectivity index (χ1v) is 18.9. The summed E-state index contributed by atoms with van der Waals surface area (Å²) in [7, 11) is 1.46. The van der Waals surface area contributed by atoms with Crippen molar-refractivity contribution in [2.24, 2.45) is 0 Å². The van der Waals surface area contributed by atoms with E-state index in [-0.39, 0.29) is 17.4 Å². The van der Waals surface area contributed by atoms with E-state index < -0.39 is 29.7 Å². The van der Waals surface area contributed by atoms with Crippen molar-refractivity contribution in [2.75, 3.05) is 31.7 Å². The topological polar surface area (TPSA) is 159 Å². The minimum absolute atomic E-state index is 0.0727. The molecule has 1 aromatic heterocycles. The molecule has 298 valence electrons. The van der Waals surface area contributed by atoms with Gasteiger partial charge in [-0.15, -0.1) is 0 Å². The van der Waals surface area contributed by atoms with Crippen LogP contribution in [0.5, 0.6) is 11.5 Å². The number of nitrogens with one attached hydrogen (secondary N) is 1. The first-order chi connectivity index (χ1) is 27.4. The van der Waals surface area contributed by atoms with Gasteiger partial charge in [0.05, 0.1) is 18.4 Å². The molecule has 2 saturated heterocycles. The fourth-order valence-corrected chi connectivity index (χ4v) is 6.67. The van der Waals surface area contributed by atoms with Crippen molar-refractivity contribution in [3.63, 3.8) is 0 Å². The summed E-state index contributed by atoms with van der Waals surface area (Å²) in [4.78, 5) is 44.7. The van der Waals surface area contributed by atoms with Crippen molar-refractivity contribution in [3.8, 4) is 40.0 Å². The second-order valence-corrected chi connectivity index (χ2v) is 14.9. The SMILES string of the molecule is COc1ccc(-c2cnc(N3CCC(N(Cc4ccc(/C=C/C(=O)NOC5CCCCO5)cc4)C(=O)OC(C)(C)C)CC3)nc2-c2ccc(C#N)c(F)c2)cc1O. The van der Waals surface area contributed by atoms with Crippen LogP contribution < -0.4 is 15.1 Å². The maximum atomic E-state index is 14.9. The Bertz CT molecular complexity index is 2120. The number of hydrogen-bond acceptors (Lipinski definition) is 11. The van der Waals surface area contributed by atoms with Crippen LogP contribution >= 0.6 is 0 Å². The van der Waals surface area contributed by atoms with Gasteiger partial charge in [0.1, 0.15) is 17.5 Å². The molecule has 2 aliphatic heterocycles. The number of hydrogen-bond donors (Lipinski definition) is 2. The Kier molecular flexibility index (Phi) is 13.0. The van der Waals surface area contributed by atoms with E-state index in [4.69, 9.17) is 24.0 Å². The number of anilines is 1. The van der Waals surface area contributed by atoms with Crippen molar-refractivity contribution < 1.29 is 38.1 Å². The number of ether oxygens (including phenoxy) is 3. The van der Waals surface area contributed by atoms with Crippen molar-refractivity contribution in [1.82, 2.24) is 20.3 Å². The Morgan fingerprint density at radius 2 is 1.82 bits per heavy atom. The Morgan fingerprint density at radius 3 is 2.47 bits per heavy atom. The lowest BCUT2D eigenvalue weighted by molar-refractivity contribution is -0.198. The summed E-state index contributed by atoms with van der Waals surface area (Å²) in [6.45, 7) is 7.48. The molecular weight excluding hydrogens is 732 g/mol. The van der Waals surface area contributed by atoms with Crippen LogP contribution in [0.4, 0.5) is 15.1 Å². The first kappa shape index (κ1) is 40.6. The zero-order valence-corrected chi connectivity index (χ0v) is 32.5. The number of benzene rings is 3. The van der Waals surface area contributed by atoms with Crippen LogP contribution in [-0.4, -0.2) is 76.7 Å². The molecule has 2 amide bonds. The fourth-order valence-electron chi connectivity index (χ4n) is 6.67.